The SMILES string of the molecule is CC(C)Cc1nc(C2CCC(C)(C)CC2)nc(Cl)c1I. The fourth-order valence-corrected chi connectivity index (χ4v) is 3.50. The van der Waals surface area contributed by atoms with Crippen LogP contribution in [0.4, 0.5) is 0 Å². The zero-order chi connectivity index (χ0) is 14.9. The quantitative estimate of drug-likeness (QED) is 0.481. The zero-order valence-corrected chi connectivity index (χ0v) is 15.8. The van der Waals surface area contributed by atoms with Gasteiger partial charge in [-0.15, -0.1) is 0 Å². The molecule has 1 aliphatic carbocycles. The van der Waals surface area contributed by atoms with Gasteiger partial charge >= 0.3 is 0 Å². The maximum absolute atomic E-state index is 6.32. The maximum Gasteiger partial charge on any atom is 0.146 e. The largest absolute Gasteiger partial charge is 0.236 e. The van der Waals surface area contributed by atoms with Gasteiger partial charge in [0.1, 0.15) is 11.0 Å². The van der Waals surface area contributed by atoms with E-state index in [1.807, 2.05) is 0 Å². The Balaban J connectivity index is 2.22. The molecule has 0 aliphatic heterocycles. The molecule has 0 spiro atoms. The molecule has 0 radical (unpaired) electrons. The molecule has 0 saturated heterocycles. The van der Waals surface area contributed by atoms with Gasteiger partial charge in [-0.25, -0.2) is 9.97 Å². The smallest absolute Gasteiger partial charge is 0.146 e. The Morgan fingerprint density at radius 2 is 1.85 bits per heavy atom. The average Bonchev–Trinajstić information content (AvgIpc) is 2.34. The number of hydrogen-bond donors (Lipinski definition) is 0. The van der Waals surface area contributed by atoms with Crippen LogP contribution in [0.15, 0.2) is 0 Å². The van der Waals surface area contributed by atoms with Crippen LogP contribution in [-0.4, -0.2) is 9.97 Å². The minimum absolute atomic E-state index is 0.476. The van der Waals surface area contributed by atoms with Crippen molar-refractivity contribution < 1.29 is 0 Å². The number of nitrogens with zero attached hydrogens (tertiary/aromatic N) is 2. The second kappa shape index (κ2) is 6.47. The highest BCUT2D eigenvalue weighted by Gasteiger charge is 2.29. The molecule has 0 amide bonds. The normalized spacial score (nSPS) is 19.6. The molecule has 0 atom stereocenters. The van der Waals surface area contributed by atoms with Gasteiger partial charge in [-0.05, 0) is 66.0 Å². The molecule has 0 unspecified atom stereocenters. The Kier molecular flexibility index (Phi) is 5.33. The first-order chi connectivity index (χ1) is 9.28. The van der Waals surface area contributed by atoms with Crippen LogP contribution in [0, 0.1) is 14.9 Å². The lowest BCUT2D eigenvalue weighted by Gasteiger charge is -2.33. The van der Waals surface area contributed by atoms with Crippen molar-refractivity contribution in [1.82, 2.24) is 9.97 Å². The third-order valence-corrected chi connectivity index (χ3v) is 5.93. The van der Waals surface area contributed by atoms with Crippen LogP contribution in [0.5, 0.6) is 0 Å². The summed E-state index contributed by atoms with van der Waals surface area (Å²) in [6.45, 7) is 9.15. The summed E-state index contributed by atoms with van der Waals surface area (Å²) >= 11 is 8.59. The molecule has 2 rings (SSSR count). The van der Waals surface area contributed by atoms with Gasteiger partial charge in [0, 0.05) is 5.92 Å². The Labute approximate surface area is 141 Å². The highest BCUT2D eigenvalue weighted by molar-refractivity contribution is 14.1. The summed E-state index contributed by atoms with van der Waals surface area (Å²) in [6.07, 6.45) is 5.86. The molecule has 1 aliphatic rings. The van der Waals surface area contributed by atoms with E-state index >= 15 is 0 Å². The summed E-state index contributed by atoms with van der Waals surface area (Å²) in [7, 11) is 0. The van der Waals surface area contributed by atoms with Crippen molar-refractivity contribution in [2.75, 3.05) is 0 Å². The standard InChI is InChI=1S/C16H24ClIN2/c1-10(2)9-12-13(18)14(17)20-15(19-12)11-5-7-16(3,4)8-6-11/h10-11H,5-9H2,1-4H3. The fourth-order valence-electron chi connectivity index (χ4n) is 2.84. The second-order valence-electron chi connectivity index (χ2n) is 7.17. The minimum Gasteiger partial charge on any atom is -0.236 e. The van der Waals surface area contributed by atoms with Crippen molar-refractivity contribution in [3.05, 3.63) is 20.2 Å². The fraction of sp³-hybridized carbons (Fsp3) is 0.750. The average molecular weight is 407 g/mol. The summed E-state index contributed by atoms with van der Waals surface area (Å²) in [6, 6.07) is 0. The molecular formula is C16H24ClIN2. The van der Waals surface area contributed by atoms with E-state index in [4.69, 9.17) is 16.6 Å². The predicted octanol–water partition coefficient (Wildman–Crippen LogP) is 5.62. The molecule has 20 heavy (non-hydrogen) atoms. The van der Waals surface area contributed by atoms with Crippen LogP contribution in [0.2, 0.25) is 5.15 Å². The number of hydrogen-bond acceptors (Lipinski definition) is 2. The van der Waals surface area contributed by atoms with Crippen LogP contribution in [0.3, 0.4) is 0 Å². The van der Waals surface area contributed by atoms with Crippen molar-refractivity contribution >= 4 is 34.2 Å². The van der Waals surface area contributed by atoms with Gasteiger partial charge in [0.25, 0.3) is 0 Å². The Morgan fingerprint density at radius 3 is 2.40 bits per heavy atom. The van der Waals surface area contributed by atoms with Crippen molar-refractivity contribution in [3.63, 3.8) is 0 Å². The number of rotatable bonds is 3. The van der Waals surface area contributed by atoms with E-state index in [1.165, 1.54) is 25.7 Å². The number of halogens is 2. The summed E-state index contributed by atoms with van der Waals surface area (Å²) < 4.78 is 1.03. The van der Waals surface area contributed by atoms with E-state index in [0.29, 0.717) is 22.4 Å². The maximum atomic E-state index is 6.32. The lowest BCUT2D eigenvalue weighted by molar-refractivity contribution is 0.220. The van der Waals surface area contributed by atoms with Crippen LogP contribution >= 0.6 is 34.2 Å². The van der Waals surface area contributed by atoms with Crippen molar-refractivity contribution in [3.8, 4) is 0 Å². The first kappa shape index (κ1) is 16.5. The van der Waals surface area contributed by atoms with E-state index in [9.17, 15) is 0 Å². The van der Waals surface area contributed by atoms with E-state index in [-0.39, 0.29) is 0 Å². The lowest BCUT2D eigenvalue weighted by atomic mass is 9.73. The van der Waals surface area contributed by atoms with Crippen molar-refractivity contribution in [1.29, 1.82) is 0 Å². The van der Waals surface area contributed by atoms with E-state index in [2.05, 4.69) is 55.3 Å². The third-order valence-electron chi connectivity index (χ3n) is 4.20. The van der Waals surface area contributed by atoms with E-state index in [1.54, 1.807) is 0 Å². The molecule has 1 aromatic rings. The molecule has 2 nitrogen and oxygen atoms in total. The number of aromatic nitrogens is 2. The summed E-state index contributed by atoms with van der Waals surface area (Å²) in [5, 5.41) is 0.635. The van der Waals surface area contributed by atoms with E-state index in [0.717, 1.165) is 21.5 Å². The van der Waals surface area contributed by atoms with Gasteiger partial charge < -0.3 is 0 Å². The van der Waals surface area contributed by atoms with Gasteiger partial charge in [-0.2, -0.15) is 0 Å². The lowest BCUT2D eigenvalue weighted by Crippen LogP contribution is -2.22. The first-order valence-corrected chi connectivity index (χ1v) is 8.96. The van der Waals surface area contributed by atoms with Crippen LogP contribution in [-0.2, 0) is 6.42 Å². The van der Waals surface area contributed by atoms with Gasteiger partial charge in [-0.3, -0.25) is 0 Å². The van der Waals surface area contributed by atoms with Crippen LogP contribution in [0.1, 0.15) is 70.8 Å². The third kappa shape index (κ3) is 4.06. The van der Waals surface area contributed by atoms with Gasteiger partial charge in [-0.1, -0.05) is 39.3 Å². The highest BCUT2D eigenvalue weighted by atomic mass is 127. The molecule has 1 aromatic heterocycles. The molecule has 1 heterocycles. The van der Waals surface area contributed by atoms with E-state index < -0.39 is 0 Å². The predicted molar refractivity (Wildman–Crippen MR) is 93.3 cm³/mol. The molecule has 0 aromatic carbocycles. The zero-order valence-electron chi connectivity index (χ0n) is 12.8. The molecule has 4 heteroatoms. The summed E-state index contributed by atoms with van der Waals surface area (Å²) in [4.78, 5) is 9.40. The van der Waals surface area contributed by atoms with Gasteiger partial charge in [0.15, 0.2) is 0 Å². The summed E-state index contributed by atoms with van der Waals surface area (Å²) in [5.74, 6) is 2.05. The summed E-state index contributed by atoms with van der Waals surface area (Å²) in [5.41, 5.74) is 1.60. The van der Waals surface area contributed by atoms with Crippen LogP contribution < -0.4 is 0 Å². The van der Waals surface area contributed by atoms with Crippen molar-refractivity contribution in [2.45, 2.75) is 65.7 Å². The highest BCUT2D eigenvalue weighted by Crippen LogP contribution is 2.42. The molecule has 1 fully saturated rings. The second-order valence-corrected chi connectivity index (χ2v) is 8.61. The van der Waals surface area contributed by atoms with Crippen molar-refractivity contribution in [2.24, 2.45) is 11.3 Å². The molecule has 112 valence electrons. The monoisotopic (exact) mass is 406 g/mol. The minimum atomic E-state index is 0.476. The Morgan fingerprint density at radius 1 is 1.25 bits per heavy atom. The molecule has 0 N–H and O–H groups in total. The molecule has 1 saturated carbocycles. The van der Waals surface area contributed by atoms with Crippen LogP contribution in [0.25, 0.3) is 0 Å². The first-order valence-electron chi connectivity index (χ1n) is 7.50. The van der Waals surface area contributed by atoms with Gasteiger partial charge in [0.05, 0.1) is 9.26 Å². The van der Waals surface area contributed by atoms with Gasteiger partial charge in [0.2, 0.25) is 0 Å². The molecular weight excluding hydrogens is 383 g/mol. The Bertz CT molecular complexity index is 476. The topological polar surface area (TPSA) is 25.8 Å². The molecule has 0 bridgehead atoms. The Hall–Kier alpha value is 0.100.